The second-order valence-electron chi connectivity index (χ2n) is 4.84. The summed E-state index contributed by atoms with van der Waals surface area (Å²) >= 11 is 5.58. The smallest absolute Gasteiger partial charge is 0.319 e. The second-order valence-corrected chi connectivity index (χ2v) is 5.25. The van der Waals surface area contributed by atoms with E-state index in [2.05, 4.69) is 10.6 Å². The number of urea groups is 1. The summed E-state index contributed by atoms with van der Waals surface area (Å²) in [7, 11) is 0. The maximum atomic E-state index is 13.3. The molecule has 22 heavy (non-hydrogen) atoms. The van der Waals surface area contributed by atoms with Crippen molar-refractivity contribution in [2.75, 3.05) is 11.9 Å². The molecule has 0 saturated carbocycles. The highest BCUT2D eigenvalue weighted by atomic mass is 35.5. The zero-order valence-electron chi connectivity index (χ0n) is 11.9. The molecular formula is C16H16ClFN2O2. The lowest BCUT2D eigenvalue weighted by molar-refractivity contribution is 0.174. The molecule has 0 aliphatic heterocycles. The number of aliphatic hydroxyl groups excluding tert-OH is 1. The second kappa shape index (κ2) is 7.24. The zero-order chi connectivity index (χ0) is 16.1. The molecule has 2 aromatic carbocycles. The molecule has 0 saturated heterocycles. The molecule has 0 aromatic heterocycles. The molecule has 0 radical (unpaired) electrons. The van der Waals surface area contributed by atoms with Crippen LogP contribution in [0.25, 0.3) is 0 Å². The number of carbonyl (C=O) groups excluding carboxylic acids is 1. The predicted molar refractivity (Wildman–Crippen MR) is 84.6 cm³/mol. The number of carbonyl (C=O) groups is 1. The molecule has 0 aliphatic carbocycles. The van der Waals surface area contributed by atoms with E-state index in [9.17, 15) is 14.3 Å². The maximum absolute atomic E-state index is 13.3. The predicted octanol–water partition coefficient (Wildman–Crippen LogP) is 3.64. The summed E-state index contributed by atoms with van der Waals surface area (Å²) in [5.74, 6) is -0.609. The standard InChI is InChI=1S/C16H16ClFN2O2/c1-10-4-2-3-5-14(10)20-16(22)19-9-15(21)11-6-7-12(17)13(18)8-11/h2-8,15,21H,9H2,1H3,(H2,19,20,22). The van der Waals surface area contributed by atoms with Crippen LogP contribution in [0.3, 0.4) is 0 Å². The Morgan fingerprint density at radius 3 is 2.73 bits per heavy atom. The van der Waals surface area contributed by atoms with E-state index in [0.717, 1.165) is 11.6 Å². The van der Waals surface area contributed by atoms with Gasteiger partial charge in [-0.1, -0.05) is 35.9 Å². The SMILES string of the molecule is Cc1ccccc1NC(=O)NCC(O)c1ccc(Cl)c(F)c1. The third-order valence-corrected chi connectivity index (χ3v) is 3.48. The Morgan fingerprint density at radius 2 is 2.05 bits per heavy atom. The van der Waals surface area contributed by atoms with Gasteiger partial charge in [-0.2, -0.15) is 0 Å². The molecular weight excluding hydrogens is 307 g/mol. The number of aliphatic hydroxyl groups is 1. The summed E-state index contributed by atoms with van der Waals surface area (Å²) in [5.41, 5.74) is 1.96. The molecule has 2 aromatic rings. The number of hydrogen-bond acceptors (Lipinski definition) is 2. The average Bonchev–Trinajstić information content (AvgIpc) is 2.50. The maximum Gasteiger partial charge on any atom is 0.319 e. The fourth-order valence-electron chi connectivity index (χ4n) is 1.91. The lowest BCUT2D eigenvalue weighted by atomic mass is 10.1. The van der Waals surface area contributed by atoms with Crippen molar-refractivity contribution in [3.05, 3.63) is 64.4 Å². The Kier molecular flexibility index (Phi) is 5.35. The Labute approximate surface area is 132 Å². The number of amides is 2. The van der Waals surface area contributed by atoms with Crippen molar-refractivity contribution in [2.24, 2.45) is 0 Å². The van der Waals surface area contributed by atoms with Gasteiger partial charge in [0.2, 0.25) is 0 Å². The Bertz CT molecular complexity index is 679. The summed E-state index contributed by atoms with van der Waals surface area (Å²) < 4.78 is 13.3. The van der Waals surface area contributed by atoms with Crippen molar-refractivity contribution in [3.63, 3.8) is 0 Å². The van der Waals surface area contributed by atoms with Crippen LogP contribution in [0.1, 0.15) is 17.2 Å². The topological polar surface area (TPSA) is 61.4 Å². The fraction of sp³-hybridized carbons (Fsp3) is 0.188. The molecule has 2 rings (SSSR count). The fourth-order valence-corrected chi connectivity index (χ4v) is 2.02. The van der Waals surface area contributed by atoms with E-state index in [1.54, 1.807) is 6.07 Å². The minimum absolute atomic E-state index is 0.0128. The van der Waals surface area contributed by atoms with Gasteiger partial charge in [0, 0.05) is 12.2 Å². The van der Waals surface area contributed by atoms with Gasteiger partial charge in [0.05, 0.1) is 11.1 Å². The summed E-state index contributed by atoms with van der Waals surface area (Å²) in [6.45, 7) is 1.83. The van der Waals surface area contributed by atoms with Crippen LogP contribution in [0.5, 0.6) is 0 Å². The van der Waals surface area contributed by atoms with Gasteiger partial charge in [-0.05, 0) is 36.2 Å². The van der Waals surface area contributed by atoms with Gasteiger partial charge >= 0.3 is 6.03 Å². The summed E-state index contributed by atoms with van der Waals surface area (Å²) in [4.78, 5) is 11.8. The van der Waals surface area contributed by atoms with Crippen LogP contribution in [0.4, 0.5) is 14.9 Å². The van der Waals surface area contributed by atoms with Gasteiger partial charge in [-0.25, -0.2) is 9.18 Å². The number of hydrogen-bond donors (Lipinski definition) is 3. The summed E-state index contributed by atoms with van der Waals surface area (Å²) in [6.07, 6.45) is -1.02. The monoisotopic (exact) mass is 322 g/mol. The largest absolute Gasteiger partial charge is 0.387 e. The van der Waals surface area contributed by atoms with E-state index in [1.165, 1.54) is 12.1 Å². The van der Waals surface area contributed by atoms with Gasteiger partial charge in [-0.3, -0.25) is 0 Å². The molecule has 0 heterocycles. The number of para-hydroxylation sites is 1. The summed E-state index contributed by atoms with van der Waals surface area (Å²) in [6, 6.07) is 10.9. The number of halogens is 2. The molecule has 116 valence electrons. The number of aryl methyl sites for hydroxylation is 1. The van der Waals surface area contributed by atoms with E-state index < -0.39 is 18.0 Å². The number of benzene rings is 2. The molecule has 6 heteroatoms. The minimum Gasteiger partial charge on any atom is -0.387 e. The van der Waals surface area contributed by atoms with Crippen molar-refractivity contribution in [3.8, 4) is 0 Å². The Morgan fingerprint density at radius 1 is 1.32 bits per heavy atom. The molecule has 1 atom stereocenters. The van der Waals surface area contributed by atoms with Crippen molar-refractivity contribution in [1.29, 1.82) is 0 Å². The number of rotatable bonds is 4. The van der Waals surface area contributed by atoms with Gasteiger partial charge in [0.15, 0.2) is 0 Å². The molecule has 3 N–H and O–H groups in total. The average molecular weight is 323 g/mol. The molecule has 0 spiro atoms. The molecule has 0 fully saturated rings. The molecule has 4 nitrogen and oxygen atoms in total. The van der Waals surface area contributed by atoms with Crippen LogP contribution < -0.4 is 10.6 Å². The van der Waals surface area contributed by atoms with Crippen molar-refractivity contribution < 1.29 is 14.3 Å². The highest BCUT2D eigenvalue weighted by molar-refractivity contribution is 6.30. The van der Waals surface area contributed by atoms with Gasteiger partial charge in [0.25, 0.3) is 0 Å². The van der Waals surface area contributed by atoms with E-state index in [1.807, 2.05) is 25.1 Å². The van der Waals surface area contributed by atoms with Crippen molar-refractivity contribution in [2.45, 2.75) is 13.0 Å². The van der Waals surface area contributed by atoms with E-state index >= 15 is 0 Å². The van der Waals surface area contributed by atoms with Crippen LogP contribution in [0.15, 0.2) is 42.5 Å². The van der Waals surface area contributed by atoms with Gasteiger partial charge < -0.3 is 15.7 Å². The number of anilines is 1. The lowest BCUT2D eigenvalue weighted by Gasteiger charge is -2.14. The van der Waals surface area contributed by atoms with Crippen LogP contribution in [0, 0.1) is 12.7 Å². The summed E-state index contributed by atoms with van der Waals surface area (Å²) in [5, 5.41) is 15.2. The van der Waals surface area contributed by atoms with E-state index in [4.69, 9.17) is 11.6 Å². The normalized spacial score (nSPS) is 11.8. The lowest BCUT2D eigenvalue weighted by Crippen LogP contribution is -2.32. The highest BCUT2D eigenvalue weighted by Crippen LogP contribution is 2.20. The van der Waals surface area contributed by atoms with Crippen molar-refractivity contribution in [1.82, 2.24) is 5.32 Å². The van der Waals surface area contributed by atoms with Crippen LogP contribution in [0.2, 0.25) is 5.02 Å². The highest BCUT2D eigenvalue weighted by Gasteiger charge is 2.12. The Hall–Kier alpha value is -2.11. The zero-order valence-corrected chi connectivity index (χ0v) is 12.7. The molecule has 1 unspecified atom stereocenters. The Balaban J connectivity index is 1.90. The van der Waals surface area contributed by atoms with Crippen LogP contribution in [-0.2, 0) is 0 Å². The first kappa shape index (κ1) is 16.3. The quantitative estimate of drug-likeness (QED) is 0.804. The first-order valence-electron chi connectivity index (χ1n) is 6.71. The third-order valence-electron chi connectivity index (χ3n) is 3.18. The molecule has 0 aliphatic rings. The van der Waals surface area contributed by atoms with Crippen LogP contribution in [-0.4, -0.2) is 17.7 Å². The third kappa shape index (κ3) is 4.19. The first-order valence-corrected chi connectivity index (χ1v) is 7.08. The minimum atomic E-state index is -1.02. The first-order chi connectivity index (χ1) is 10.5. The van der Waals surface area contributed by atoms with Crippen molar-refractivity contribution >= 4 is 23.3 Å². The van der Waals surface area contributed by atoms with E-state index in [-0.39, 0.29) is 11.6 Å². The van der Waals surface area contributed by atoms with Gasteiger partial charge in [0.1, 0.15) is 5.82 Å². The molecule has 2 amide bonds. The molecule has 0 bridgehead atoms. The van der Waals surface area contributed by atoms with E-state index in [0.29, 0.717) is 11.3 Å². The van der Waals surface area contributed by atoms with Gasteiger partial charge in [-0.15, -0.1) is 0 Å². The van der Waals surface area contributed by atoms with Crippen LogP contribution >= 0.6 is 11.6 Å². The number of nitrogens with one attached hydrogen (secondary N) is 2.